The SMILES string of the molecule is COC(=O)C1(Nc2ccccc2OC)CCN2CCC1C2. The van der Waals surface area contributed by atoms with Crippen LogP contribution in [-0.2, 0) is 9.53 Å². The molecule has 0 amide bonds. The van der Waals surface area contributed by atoms with Crippen molar-refractivity contribution in [1.29, 1.82) is 0 Å². The Kier molecular flexibility index (Phi) is 3.76. The lowest BCUT2D eigenvalue weighted by molar-refractivity contribution is -0.149. The largest absolute Gasteiger partial charge is 0.495 e. The highest BCUT2D eigenvalue weighted by molar-refractivity contribution is 5.86. The van der Waals surface area contributed by atoms with Gasteiger partial charge in [0.1, 0.15) is 11.3 Å². The van der Waals surface area contributed by atoms with Crippen LogP contribution < -0.4 is 10.1 Å². The van der Waals surface area contributed by atoms with Crippen molar-refractivity contribution in [3.05, 3.63) is 24.3 Å². The van der Waals surface area contributed by atoms with Crippen molar-refractivity contribution in [3.8, 4) is 5.75 Å². The minimum absolute atomic E-state index is 0.167. The monoisotopic (exact) mass is 290 g/mol. The lowest BCUT2D eigenvalue weighted by Gasteiger charge is -2.41. The van der Waals surface area contributed by atoms with Gasteiger partial charge in [0.2, 0.25) is 0 Å². The highest BCUT2D eigenvalue weighted by Gasteiger charge is 2.52. The normalized spacial score (nSPS) is 30.8. The lowest BCUT2D eigenvalue weighted by atomic mass is 9.78. The van der Waals surface area contributed by atoms with Crippen molar-refractivity contribution >= 4 is 11.7 Å². The number of nitrogens with zero attached hydrogens (tertiary/aromatic N) is 1. The molecule has 0 aliphatic carbocycles. The van der Waals surface area contributed by atoms with Gasteiger partial charge in [-0.25, -0.2) is 4.79 Å². The van der Waals surface area contributed by atoms with Crippen LogP contribution in [0, 0.1) is 5.92 Å². The third-order valence-electron chi connectivity index (χ3n) is 4.81. The van der Waals surface area contributed by atoms with E-state index in [-0.39, 0.29) is 11.9 Å². The predicted octanol–water partition coefficient (Wildman–Crippen LogP) is 1.74. The molecule has 0 spiro atoms. The zero-order valence-corrected chi connectivity index (χ0v) is 12.6. The Labute approximate surface area is 125 Å². The number of methoxy groups -OCH3 is 2. The van der Waals surface area contributed by atoms with Crippen LogP contribution >= 0.6 is 0 Å². The van der Waals surface area contributed by atoms with E-state index in [0.717, 1.165) is 43.9 Å². The van der Waals surface area contributed by atoms with E-state index in [1.807, 2.05) is 24.3 Å². The van der Waals surface area contributed by atoms with Crippen molar-refractivity contribution in [2.75, 3.05) is 39.2 Å². The molecule has 114 valence electrons. The Bertz CT molecular complexity index is 534. The molecule has 1 N–H and O–H groups in total. The summed E-state index contributed by atoms with van der Waals surface area (Å²) in [6, 6.07) is 7.72. The standard InChI is InChI=1S/C16H22N2O3/c1-20-14-6-4-3-5-13(14)17-16(15(19)21-2)8-10-18-9-7-12(16)11-18/h3-6,12,17H,7-11H2,1-2H3. The van der Waals surface area contributed by atoms with Crippen LogP contribution in [0.4, 0.5) is 5.69 Å². The summed E-state index contributed by atoms with van der Waals surface area (Å²) in [6.07, 6.45) is 1.79. The molecular formula is C16H22N2O3. The van der Waals surface area contributed by atoms with E-state index < -0.39 is 5.54 Å². The Morgan fingerprint density at radius 2 is 2.14 bits per heavy atom. The zero-order chi connectivity index (χ0) is 14.9. The molecule has 3 atom stereocenters. The Balaban J connectivity index is 1.95. The van der Waals surface area contributed by atoms with Gasteiger partial charge in [-0.1, -0.05) is 12.1 Å². The van der Waals surface area contributed by atoms with E-state index in [1.54, 1.807) is 7.11 Å². The number of fused-ring (bicyclic) bond motifs is 2. The van der Waals surface area contributed by atoms with Crippen LogP contribution in [-0.4, -0.2) is 50.3 Å². The van der Waals surface area contributed by atoms with Crippen molar-refractivity contribution in [1.82, 2.24) is 4.90 Å². The number of ether oxygens (including phenoxy) is 2. The molecule has 1 aromatic rings. The van der Waals surface area contributed by atoms with Gasteiger partial charge in [-0.2, -0.15) is 0 Å². The van der Waals surface area contributed by atoms with Crippen LogP contribution in [0.3, 0.4) is 0 Å². The summed E-state index contributed by atoms with van der Waals surface area (Å²) in [5, 5.41) is 3.47. The van der Waals surface area contributed by atoms with Crippen molar-refractivity contribution in [2.45, 2.75) is 18.4 Å². The van der Waals surface area contributed by atoms with E-state index in [9.17, 15) is 4.79 Å². The molecule has 0 saturated carbocycles. The smallest absolute Gasteiger partial charge is 0.331 e. The average molecular weight is 290 g/mol. The van der Waals surface area contributed by atoms with Gasteiger partial charge in [0.15, 0.2) is 0 Å². The van der Waals surface area contributed by atoms with Crippen LogP contribution in [0.25, 0.3) is 0 Å². The summed E-state index contributed by atoms with van der Waals surface area (Å²) in [5.41, 5.74) is 0.210. The minimum atomic E-state index is -0.642. The van der Waals surface area contributed by atoms with E-state index in [0.29, 0.717) is 0 Å². The van der Waals surface area contributed by atoms with Gasteiger partial charge in [0.05, 0.1) is 19.9 Å². The number of hydrogen-bond donors (Lipinski definition) is 1. The molecule has 0 aromatic heterocycles. The number of para-hydroxylation sites is 2. The maximum Gasteiger partial charge on any atom is 0.331 e. The minimum Gasteiger partial charge on any atom is -0.495 e. The molecule has 1 aromatic carbocycles. The zero-order valence-electron chi connectivity index (χ0n) is 12.6. The molecule has 2 bridgehead atoms. The van der Waals surface area contributed by atoms with Crippen molar-refractivity contribution in [3.63, 3.8) is 0 Å². The second-order valence-corrected chi connectivity index (χ2v) is 5.82. The third-order valence-corrected chi connectivity index (χ3v) is 4.81. The Morgan fingerprint density at radius 3 is 2.90 bits per heavy atom. The first-order valence-corrected chi connectivity index (χ1v) is 7.41. The fourth-order valence-corrected chi connectivity index (χ4v) is 3.63. The number of nitrogens with one attached hydrogen (secondary N) is 1. The number of rotatable bonds is 4. The molecule has 2 fully saturated rings. The first kappa shape index (κ1) is 14.2. The second kappa shape index (κ2) is 5.56. The average Bonchev–Trinajstić information content (AvgIpc) is 2.94. The van der Waals surface area contributed by atoms with E-state index in [4.69, 9.17) is 9.47 Å². The number of benzene rings is 1. The maximum absolute atomic E-state index is 12.5. The molecule has 3 unspecified atom stereocenters. The van der Waals surface area contributed by atoms with Crippen LogP contribution in [0.15, 0.2) is 24.3 Å². The van der Waals surface area contributed by atoms with Crippen LogP contribution in [0.2, 0.25) is 0 Å². The summed E-state index contributed by atoms with van der Waals surface area (Å²) in [5.74, 6) is 0.866. The van der Waals surface area contributed by atoms with E-state index >= 15 is 0 Å². The first-order chi connectivity index (χ1) is 10.2. The fraction of sp³-hybridized carbons (Fsp3) is 0.562. The summed E-state index contributed by atoms with van der Waals surface area (Å²) < 4.78 is 10.5. The lowest BCUT2D eigenvalue weighted by Crippen LogP contribution is -2.57. The van der Waals surface area contributed by atoms with Gasteiger partial charge in [-0.3, -0.25) is 0 Å². The summed E-state index contributed by atoms with van der Waals surface area (Å²) in [7, 11) is 3.11. The topological polar surface area (TPSA) is 50.8 Å². The molecule has 2 aliphatic heterocycles. The summed E-state index contributed by atoms with van der Waals surface area (Å²) >= 11 is 0. The van der Waals surface area contributed by atoms with Crippen LogP contribution in [0.5, 0.6) is 5.75 Å². The molecule has 21 heavy (non-hydrogen) atoms. The van der Waals surface area contributed by atoms with Gasteiger partial charge < -0.3 is 19.7 Å². The highest BCUT2D eigenvalue weighted by Crippen LogP contribution is 2.40. The highest BCUT2D eigenvalue weighted by atomic mass is 16.5. The number of carbonyl (C=O) groups is 1. The van der Waals surface area contributed by atoms with E-state index in [2.05, 4.69) is 10.2 Å². The quantitative estimate of drug-likeness (QED) is 0.856. The number of hydrogen-bond acceptors (Lipinski definition) is 5. The molecule has 2 saturated heterocycles. The summed E-state index contributed by atoms with van der Waals surface area (Å²) in [6.45, 7) is 2.95. The fourth-order valence-electron chi connectivity index (χ4n) is 3.63. The molecule has 2 heterocycles. The number of anilines is 1. The molecule has 5 nitrogen and oxygen atoms in total. The van der Waals surface area contributed by atoms with Gasteiger partial charge >= 0.3 is 5.97 Å². The van der Waals surface area contributed by atoms with Gasteiger partial charge in [-0.05, 0) is 31.5 Å². The van der Waals surface area contributed by atoms with Gasteiger partial charge in [0.25, 0.3) is 0 Å². The molecule has 3 rings (SSSR count). The number of esters is 1. The van der Waals surface area contributed by atoms with Gasteiger partial charge in [-0.15, -0.1) is 0 Å². The summed E-state index contributed by atoms with van der Waals surface area (Å²) in [4.78, 5) is 14.9. The molecule has 0 radical (unpaired) electrons. The molecule has 5 heteroatoms. The molecular weight excluding hydrogens is 268 g/mol. The van der Waals surface area contributed by atoms with Crippen LogP contribution in [0.1, 0.15) is 12.8 Å². The van der Waals surface area contributed by atoms with Gasteiger partial charge in [0, 0.05) is 19.0 Å². The van der Waals surface area contributed by atoms with Crippen molar-refractivity contribution < 1.29 is 14.3 Å². The Hall–Kier alpha value is -1.75. The number of piperidine rings is 1. The van der Waals surface area contributed by atoms with Crippen molar-refractivity contribution in [2.24, 2.45) is 5.92 Å². The predicted molar refractivity (Wildman–Crippen MR) is 80.5 cm³/mol. The number of carbonyl (C=O) groups excluding carboxylic acids is 1. The van der Waals surface area contributed by atoms with E-state index in [1.165, 1.54) is 7.11 Å². The second-order valence-electron chi connectivity index (χ2n) is 5.82. The third kappa shape index (κ3) is 2.35. The first-order valence-electron chi connectivity index (χ1n) is 7.41. The maximum atomic E-state index is 12.5. The Morgan fingerprint density at radius 1 is 1.33 bits per heavy atom. The molecule has 2 aliphatic rings.